The van der Waals surface area contributed by atoms with E-state index in [2.05, 4.69) is 77.1 Å². The number of para-hydroxylation sites is 1. The van der Waals surface area contributed by atoms with E-state index >= 15 is 0 Å². The highest BCUT2D eigenvalue weighted by atomic mass is 127. The Morgan fingerprint density at radius 3 is 2.59 bits per heavy atom. The van der Waals surface area contributed by atoms with E-state index in [0.717, 1.165) is 34.8 Å². The van der Waals surface area contributed by atoms with Crippen molar-refractivity contribution in [3.05, 3.63) is 83.2 Å². The number of aromatic nitrogens is 1. The molecule has 4 rings (SSSR count). The molecule has 0 unspecified atom stereocenters. The van der Waals surface area contributed by atoms with Crippen molar-refractivity contribution in [2.45, 2.75) is 26.8 Å². The first-order valence-corrected chi connectivity index (χ1v) is 12.1. The second-order valence-corrected chi connectivity index (χ2v) is 9.32. The van der Waals surface area contributed by atoms with Gasteiger partial charge in [-0.25, -0.2) is 8.42 Å². The molecule has 2 heterocycles. The molecule has 0 spiro atoms. The van der Waals surface area contributed by atoms with Gasteiger partial charge in [0.15, 0.2) is 0 Å². The minimum Gasteiger partial charge on any atom is -0.748 e. The van der Waals surface area contributed by atoms with Gasteiger partial charge in [0.25, 0.3) is 0 Å². The number of pyridine rings is 1. The molecule has 0 amide bonds. The lowest BCUT2D eigenvalue weighted by Crippen LogP contribution is -2.37. The van der Waals surface area contributed by atoms with Gasteiger partial charge < -0.3 is 9.45 Å². The van der Waals surface area contributed by atoms with E-state index in [1.54, 1.807) is 0 Å². The molecular formula is C25H27IN2O3S. The summed E-state index contributed by atoms with van der Waals surface area (Å²) in [5, 5.41) is 1.18. The summed E-state index contributed by atoms with van der Waals surface area (Å²) in [4.78, 5) is 2.11. The molecule has 0 saturated carbocycles. The SMILES string of the molecule is CC[n+]1c(/C=C2\C=Cc3ccc(C)cc3N2CCCS(=O)(=O)[O-])ccc2ccccc21.I. The fourth-order valence-electron chi connectivity index (χ4n) is 4.12. The monoisotopic (exact) mass is 562 g/mol. The normalized spacial score (nSPS) is 14.5. The van der Waals surface area contributed by atoms with Crippen molar-refractivity contribution >= 4 is 62.8 Å². The summed E-state index contributed by atoms with van der Waals surface area (Å²) in [6, 6.07) is 18.8. The number of nitrogens with zero attached hydrogens (tertiary/aromatic N) is 2. The lowest BCUT2D eigenvalue weighted by molar-refractivity contribution is -0.669. The third-order valence-electron chi connectivity index (χ3n) is 5.58. The molecule has 1 aliphatic heterocycles. The van der Waals surface area contributed by atoms with Gasteiger partial charge in [-0.1, -0.05) is 30.3 Å². The minimum absolute atomic E-state index is 0. The first kappa shape index (κ1) is 24.4. The van der Waals surface area contributed by atoms with Gasteiger partial charge in [-0.3, -0.25) is 0 Å². The standard InChI is InChI=1S/C25H26N2O3S.HI/c1-3-26-22(13-11-20-7-4-5-8-24(20)26)18-23-14-12-21-10-9-19(2)17-25(21)27(23)15-6-16-31(28,29)30;/h4-5,7-14,17-18H,3,6,15-16H2,1-2H3;1H. The molecule has 5 nitrogen and oxygen atoms in total. The fraction of sp³-hybridized carbons (Fsp3) is 0.240. The van der Waals surface area contributed by atoms with Crippen molar-refractivity contribution in [3.63, 3.8) is 0 Å². The van der Waals surface area contributed by atoms with Crippen LogP contribution in [0.3, 0.4) is 0 Å². The predicted molar refractivity (Wildman–Crippen MR) is 140 cm³/mol. The zero-order valence-electron chi connectivity index (χ0n) is 18.2. The molecule has 7 heteroatoms. The summed E-state index contributed by atoms with van der Waals surface area (Å²) >= 11 is 0. The maximum atomic E-state index is 11.1. The molecule has 0 aliphatic carbocycles. The maximum Gasteiger partial charge on any atom is 0.212 e. The molecule has 0 N–H and O–H groups in total. The molecule has 0 radical (unpaired) electrons. The number of allylic oxidation sites excluding steroid dienone is 1. The zero-order chi connectivity index (χ0) is 22.0. The highest BCUT2D eigenvalue weighted by molar-refractivity contribution is 14.0. The van der Waals surface area contributed by atoms with Crippen molar-refractivity contribution < 1.29 is 17.5 Å². The highest BCUT2D eigenvalue weighted by Gasteiger charge is 2.20. The average molecular weight is 562 g/mol. The summed E-state index contributed by atoms with van der Waals surface area (Å²) in [6.07, 6.45) is 6.54. The average Bonchev–Trinajstić information content (AvgIpc) is 2.74. The van der Waals surface area contributed by atoms with Crippen LogP contribution in [-0.4, -0.2) is 25.3 Å². The topological polar surface area (TPSA) is 64.3 Å². The summed E-state index contributed by atoms with van der Waals surface area (Å²) in [6.45, 7) is 5.44. The number of halogens is 1. The molecule has 0 bridgehead atoms. The van der Waals surface area contributed by atoms with Crippen LogP contribution in [-0.2, 0) is 16.7 Å². The Kier molecular flexibility index (Phi) is 7.74. The van der Waals surface area contributed by atoms with Crippen LogP contribution in [0.4, 0.5) is 5.69 Å². The number of anilines is 1. The Bertz CT molecular complexity index is 1300. The summed E-state index contributed by atoms with van der Waals surface area (Å²) in [7, 11) is -4.24. The number of fused-ring (bicyclic) bond motifs is 2. The van der Waals surface area contributed by atoms with Crippen molar-refractivity contribution in [3.8, 4) is 0 Å². The van der Waals surface area contributed by atoms with Crippen LogP contribution in [0.15, 0.2) is 66.4 Å². The fourth-order valence-corrected chi connectivity index (χ4v) is 4.60. The smallest absolute Gasteiger partial charge is 0.212 e. The van der Waals surface area contributed by atoms with Crippen LogP contribution >= 0.6 is 24.0 Å². The highest BCUT2D eigenvalue weighted by Crippen LogP contribution is 2.33. The van der Waals surface area contributed by atoms with Crippen LogP contribution < -0.4 is 9.47 Å². The molecule has 3 aromatic rings. The van der Waals surface area contributed by atoms with Gasteiger partial charge in [0.2, 0.25) is 11.2 Å². The van der Waals surface area contributed by atoms with E-state index in [-0.39, 0.29) is 36.2 Å². The molecule has 0 atom stereocenters. The largest absolute Gasteiger partial charge is 0.748 e. The van der Waals surface area contributed by atoms with Crippen molar-refractivity contribution in [2.75, 3.05) is 17.2 Å². The van der Waals surface area contributed by atoms with Gasteiger partial charge in [0.05, 0.1) is 10.1 Å². The Morgan fingerprint density at radius 1 is 1.06 bits per heavy atom. The van der Waals surface area contributed by atoms with Gasteiger partial charge in [-0.2, -0.15) is 4.57 Å². The second kappa shape index (κ2) is 10.1. The van der Waals surface area contributed by atoms with E-state index in [1.165, 1.54) is 10.9 Å². The molecule has 32 heavy (non-hydrogen) atoms. The van der Waals surface area contributed by atoms with Crippen LogP contribution in [0.5, 0.6) is 0 Å². The second-order valence-electron chi connectivity index (χ2n) is 7.79. The van der Waals surface area contributed by atoms with Gasteiger partial charge in [0.1, 0.15) is 6.54 Å². The number of aryl methyl sites for hydroxylation is 2. The first-order chi connectivity index (χ1) is 14.9. The number of rotatable bonds is 6. The molecule has 168 valence electrons. The van der Waals surface area contributed by atoms with E-state index in [9.17, 15) is 13.0 Å². The molecular weight excluding hydrogens is 535 g/mol. The third kappa shape index (κ3) is 5.39. The third-order valence-corrected chi connectivity index (χ3v) is 6.37. The summed E-state index contributed by atoms with van der Waals surface area (Å²) in [5.41, 5.74) is 6.44. The number of hydrogen-bond donors (Lipinski definition) is 0. The van der Waals surface area contributed by atoms with E-state index in [0.29, 0.717) is 6.54 Å². The predicted octanol–water partition coefficient (Wildman–Crippen LogP) is 4.88. The lowest BCUT2D eigenvalue weighted by Gasteiger charge is -2.31. The summed E-state index contributed by atoms with van der Waals surface area (Å²) < 4.78 is 35.7. The van der Waals surface area contributed by atoms with Crippen molar-refractivity contribution in [1.82, 2.24) is 0 Å². The number of hydrogen-bond acceptors (Lipinski definition) is 4. The molecule has 1 aliphatic rings. The van der Waals surface area contributed by atoms with Gasteiger partial charge >= 0.3 is 0 Å². The zero-order valence-corrected chi connectivity index (χ0v) is 21.3. The van der Waals surface area contributed by atoms with Crippen LogP contribution in [0.1, 0.15) is 30.2 Å². The molecule has 0 fully saturated rings. The van der Waals surface area contributed by atoms with Gasteiger partial charge in [0, 0.05) is 47.3 Å². The molecule has 0 saturated heterocycles. The Labute approximate surface area is 206 Å². The van der Waals surface area contributed by atoms with Crippen molar-refractivity contribution in [2.24, 2.45) is 0 Å². The van der Waals surface area contributed by atoms with Crippen molar-refractivity contribution in [1.29, 1.82) is 0 Å². The first-order valence-electron chi connectivity index (χ1n) is 10.5. The van der Waals surface area contributed by atoms with Gasteiger partial charge in [-0.15, -0.1) is 24.0 Å². The quantitative estimate of drug-likeness (QED) is 0.244. The minimum atomic E-state index is -4.24. The Hall–Kier alpha value is -2.23. The van der Waals surface area contributed by atoms with Gasteiger partial charge in [-0.05, 0) is 55.7 Å². The maximum absolute atomic E-state index is 11.1. The van der Waals surface area contributed by atoms with E-state index in [4.69, 9.17) is 0 Å². The van der Waals surface area contributed by atoms with Crippen LogP contribution in [0.2, 0.25) is 0 Å². The number of benzene rings is 2. The molecule has 2 aromatic carbocycles. The lowest BCUT2D eigenvalue weighted by atomic mass is 10.0. The molecule has 1 aromatic heterocycles. The Morgan fingerprint density at radius 2 is 1.84 bits per heavy atom. The summed E-state index contributed by atoms with van der Waals surface area (Å²) in [5.74, 6) is -0.368. The van der Waals surface area contributed by atoms with Crippen LogP contribution in [0.25, 0.3) is 23.1 Å². The van der Waals surface area contributed by atoms with E-state index in [1.807, 2.05) is 19.1 Å². The van der Waals surface area contributed by atoms with Crippen LogP contribution in [0, 0.1) is 6.92 Å². The Balaban J connectivity index is 0.00000289. The van der Waals surface area contributed by atoms with E-state index < -0.39 is 10.1 Å².